The van der Waals surface area contributed by atoms with Gasteiger partial charge in [-0.25, -0.2) is 8.42 Å². The Morgan fingerprint density at radius 2 is 2.08 bits per heavy atom. The summed E-state index contributed by atoms with van der Waals surface area (Å²) in [6.07, 6.45) is 0.247. The van der Waals surface area contributed by atoms with Crippen molar-refractivity contribution in [3.05, 3.63) is 28.8 Å². The number of benzene rings is 1. The molecule has 1 saturated heterocycles. The van der Waals surface area contributed by atoms with Gasteiger partial charge in [-0.1, -0.05) is 11.6 Å². The predicted octanol–water partition coefficient (Wildman–Crippen LogP) is 1.13. The molecule has 1 heterocycles. The van der Waals surface area contributed by atoms with E-state index in [1.54, 1.807) is 25.1 Å². The normalized spacial score (nSPS) is 21.6. The second-order valence-electron chi connectivity index (χ2n) is 6.24. The third-order valence-corrected chi connectivity index (χ3v) is 6.02. The summed E-state index contributed by atoms with van der Waals surface area (Å²) in [6, 6.07) is 4.87. The average Bonchev–Trinajstić information content (AvgIpc) is 2.78. The van der Waals surface area contributed by atoms with Gasteiger partial charge in [0.05, 0.1) is 30.6 Å². The molecule has 2 rings (SSSR count). The Morgan fingerprint density at radius 1 is 1.36 bits per heavy atom. The molecule has 0 radical (unpaired) electrons. The number of ether oxygens (including phenoxy) is 2. The van der Waals surface area contributed by atoms with Gasteiger partial charge in [-0.05, 0) is 31.5 Å². The fraction of sp³-hybridized carbons (Fsp3) is 0.500. The van der Waals surface area contributed by atoms with Gasteiger partial charge in [0, 0.05) is 10.6 Å². The van der Waals surface area contributed by atoms with Crippen LogP contribution in [0.4, 0.5) is 0 Å². The number of hydrogen-bond acceptors (Lipinski definition) is 6. The van der Waals surface area contributed by atoms with E-state index in [0.717, 1.165) is 0 Å². The van der Waals surface area contributed by atoms with E-state index in [-0.39, 0.29) is 17.9 Å². The standard InChI is InChI=1S/C16H20ClNO6S/c1-16(5-6-25(21,22)10-16)18-14(19)9-24-15(20)8-11-7-12(17)3-4-13(11)23-2/h3-4,7H,5-6,8-10H2,1-2H3,(H,18,19)/t16-/m1/s1. The van der Waals surface area contributed by atoms with Gasteiger partial charge in [-0.2, -0.15) is 0 Å². The lowest BCUT2D eigenvalue weighted by Crippen LogP contribution is -2.48. The van der Waals surface area contributed by atoms with Crippen LogP contribution < -0.4 is 10.1 Å². The zero-order valence-electron chi connectivity index (χ0n) is 14.0. The van der Waals surface area contributed by atoms with Crippen LogP contribution in [0.5, 0.6) is 5.75 Å². The first-order valence-corrected chi connectivity index (χ1v) is 9.82. The van der Waals surface area contributed by atoms with E-state index in [4.69, 9.17) is 21.1 Å². The van der Waals surface area contributed by atoms with Crippen LogP contribution >= 0.6 is 11.6 Å². The van der Waals surface area contributed by atoms with E-state index in [2.05, 4.69) is 5.32 Å². The summed E-state index contributed by atoms with van der Waals surface area (Å²) in [6.45, 7) is 1.19. The fourth-order valence-corrected chi connectivity index (χ4v) is 5.01. The van der Waals surface area contributed by atoms with Gasteiger partial charge in [0.2, 0.25) is 0 Å². The van der Waals surface area contributed by atoms with Crippen molar-refractivity contribution in [3.63, 3.8) is 0 Å². The Bertz CT molecular complexity index is 779. The second-order valence-corrected chi connectivity index (χ2v) is 8.86. The minimum absolute atomic E-state index is 0.0398. The van der Waals surface area contributed by atoms with Crippen molar-refractivity contribution in [1.29, 1.82) is 0 Å². The highest BCUT2D eigenvalue weighted by Crippen LogP contribution is 2.24. The molecule has 7 nitrogen and oxygen atoms in total. The predicted molar refractivity (Wildman–Crippen MR) is 92.5 cm³/mol. The summed E-state index contributed by atoms with van der Waals surface area (Å²) in [5.41, 5.74) is -0.271. The number of methoxy groups -OCH3 is 1. The van der Waals surface area contributed by atoms with Crippen molar-refractivity contribution in [1.82, 2.24) is 5.32 Å². The van der Waals surface area contributed by atoms with Crippen LogP contribution in [-0.4, -0.2) is 51.1 Å². The molecular formula is C16H20ClNO6S. The molecule has 1 fully saturated rings. The highest BCUT2D eigenvalue weighted by molar-refractivity contribution is 7.91. The molecule has 0 bridgehead atoms. The quantitative estimate of drug-likeness (QED) is 0.732. The Morgan fingerprint density at radius 3 is 2.68 bits per heavy atom. The SMILES string of the molecule is COc1ccc(Cl)cc1CC(=O)OCC(=O)N[C@]1(C)CCS(=O)(=O)C1. The zero-order chi connectivity index (χ0) is 18.7. The molecule has 1 aliphatic heterocycles. The Labute approximate surface area is 151 Å². The van der Waals surface area contributed by atoms with Crippen molar-refractivity contribution < 1.29 is 27.5 Å². The Balaban J connectivity index is 1.86. The first-order chi connectivity index (χ1) is 11.6. The zero-order valence-corrected chi connectivity index (χ0v) is 15.6. The molecule has 138 valence electrons. The van der Waals surface area contributed by atoms with Gasteiger partial charge in [-0.3, -0.25) is 9.59 Å². The molecule has 1 atom stereocenters. The van der Waals surface area contributed by atoms with Crippen molar-refractivity contribution in [3.8, 4) is 5.75 Å². The molecule has 1 N–H and O–H groups in total. The maximum Gasteiger partial charge on any atom is 0.310 e. The molecule has 1 aliphatic rings. The van der Waals surface area contributed by atoms with Crippen LogP contribution in [0.1, 0.15) is 18.9 Å². The highest BCUT2D eigenvalue weighted by atomic mass is 35.5. The maximum absolute atomic E-state index is 11.9. The van der Waals surface area contributed by atoms with Crippen LogP contribution in [0.3, 0.4) is 0 Å². The summed E-state index contributed by atoms with van der Waals surface area (Å²) >= 11 is 5.90. The molecule has 9 heteroatoms. The van der Waals surface area contributed by atoms with E-state index in [9.17, 15) is 18.0 Å². The van der Waals surface area contributed by atoms with Crippen LogP contribution in [0.2, 0.25) is 5.02 Å². The lowest BCUT2D eigenvalue weighted by atomic mass is 10.0. The minimum atomic E-state index is -3.13. The number of carbonyl (C=O) groups excluding carboxylic acids is 2. The molecule has 0 saturated carbocycles. The van der Waals surface area contributed by atoms with Crippen molar-refractivity contribution in [2.75, 3.05) is 25.2 Å². The number of hydrogen-bond donors (Lipinski definition) is 1. The van der Waals surface area contributed by atoms with Gasteiger partial charge in [0.25, 0.3) is 5.91 Å². The second kappa shape index (κ2) is 7.61. The lowest BCUT2D eigenvalue weighted by molar-refractivity contribution is -0.148. The van der Waals surface area contributed by atoms with Gasteiger partial charge in [0.1, 0.15) is 5.75 Å². The van der Waals surface area contributed by atoms with E-state index in [1.165, 1.54) is 7.11 Å². The number of sulfone groups is 1. The summed E-state index contributed by atoms with van der Waals surface area (Å²) in [5.74, 6) is -0.724. The largest absolute Gasteiger partial charge is 0.496 e. The number of esters is 1. The van der Waals surface area contributed by atoms with E-state index in [0.29, 0.717) is 22.8 Å². The molecule has 0 aromatic heterocycles. The summed E-state index contributed by atoms with van der Waals surface area (Å²) in [4.78, 5) is 23.8. The van der Waals surface area contributed by atoms with Crippen molar-refractivity contribution in [2.45, 2.75) is 25.3 Å². The number of carbonyl (C=O) groups is 2. The summed E-state index contributed by atoms with van der Waals surface area (Å²) in [7, 11) is -1.66. The maximum atomic E-state index is 11.9. The number of halogens is 1. The first-order valence-electron chi connectivity index (χ1n) is 7.62. The highest BCUT2D eigenvalue weighted by Gasteiger charge is 2.39. The number of rotatable bonds is 6. The molecule has 1 amide bonds. The molecule has 0 unspecified atom stereocenters. The monoisotopic (exact) mass is 389 g/mol. The summed E-state index contributed by atoms with van der Waals surface area (Å²) < 4.78 is 33.2. The molecule has 0 spiro atoms. The first kappa shape index (κ1) is 19.5. The smallest absolute Gasteiger partial charge is 0.310 e. The van der Waals surface area contributed by atoms with Crippen molar-refractivity contribution in [2.24, 2.45) is 0 Å². The van der Waals surface area contributed by atoms with E-state index < -0.39 is 33.9 Å². The van der Waals surface area contributed by atoms with Gasteiger partial charge in [-0.15, -0.1) is 0 Å². The Kier molecular flexibility index (Phi) is 5.95. The van der Waals surface area contributed by atoms with Crippen molar-refractivity contribution >= 4 is 33.3 Å². The van der Waals surface area contributed by atoms with E-state index in [1.807, 2.05) is 0 Å². The molecule has 0 aliphatic carbocycles. The topological polar surface area (TPSA) is 98.8 Å². The van der Waals surface area contributed by atoms with Crippen LogP contribution in [-0.2, 0) is 30.6 Å². The summed E-state index contributed by atoms with van der Waals surface area (Å²) in [5, 5.41) is 3.08. The third kappa shape index (κ3) is 5.61. The van der Waals surface area contributed by atoms with Crippen LogP contribution in [0, 0.1) is 0 Å². The molecule has 25 heavy (non-hydrogen) atoms. The Hall–Kier alpha value is -1.80. The van der Waals surface area contributed by atoms with E-state index >= 15 is 0 Å². The lowest BCUT2D eigenvalue weighted by Gasteiger charge is -2.23. The minimum Gasteiger partial charge on any atom is -0.496 e. The fourth-order valence-electron chi connectivity index (χ4n) is 2.72. The molecule has 1 aromatic carbocycles. The number of nitrogens with one attached hydrogen (secondary N) is 1. The van der Waals surface area contributed by atoms with Gasteiger partial charge in [0.15, 0.2) is 16.4 Å². The number of amides is 1. The van der Waals surface area contributed by atoms with Crippen LogP contribution in [0.25, 0.3) is 0 Å². The molecule has 1 aromatic rings. The molecular weight excluding hydrogens is 370 g/mol. The van der Waals surface area contributed by atoms with Gasteiger partial charge < -0.3 is 14.8 Å². The average molecular weight is 390 g/mol. The van der Waals surface area contributed by atoms with Crippen LogP contribution in [0.15, 0.2) is 18.2 Å². The van der Waals surface area contributed by atoms with Gasteiger partial charge >= 0.3 is 5.97 Å². The third-order valence-electron chi connectivity index (χ3n) is 3.89.